The van der Waals surface area contributed by atoms with Crippen molar-refractivity contribution in [2.45, 2.75) is 172 Å². The van der Waals surface area contributed by atoms with Crippen LogP contribution in [-0.4, -0.2) is 215 Å². The van der Waals surface area contributed by atoms with E-state index in [1.807, 2.05) is 0 Å². The minimum Gasteiger partial charge on any atom is -0.481 e. The Morgan fingerprint density at radius 2 is 0.889 bits per heavy atom. The molecule has 0 aliphatic heterocycles. The maximum Gasteiger partial charge on any atom is 0.303 e. The number of carboxylic acid groups (broad SMARTS) is 1. The number of para-hydroxylation sites is 1. The van der Waals surface area contributed by atoms with Crippen LogP contribution in [0.15, 0.2) is 60.8 Å². The van der Waals surface area contributed by atoms with Crippen molar-refractivity contribution in [3.8, 4) is 0 Å². The topological polar surface area (TPSA) is 590 Å². The number of nitrogens with one attached hydrogen (secondary N) is 13. The zero-order chi connectivity index (χ0) is 74.2. The van der Waals surface area contributed by atoms with Gasteiger partial charge in [0.25, 0.3) is 0 Å². The lowest BCUT2D eigenvalue weighted by Crippen LogP contribution is -2.62. The zero-order valence-corrected chi connectivity index (χ0v) is 56.8. The minimum absolute atomic E-state index is 0.0224. The third-order valence-corrected chi connectivity index (χ3v) is 16.1. The van der Waals surface area contributed by atoms with E-state index in [0.717, 1.165) is 0 Å². The lowest BCUT2D eigenvalue weighted by Gasteiger charge is -2.30. The fourth-order valence-electron chi connectivity index (χ4n) is 9.87. The maximum atomic E-state index is 14.5. The van der Waals surface area contributed by atoms with E-state index >= 15 is 0 Å². The van der Waals surface area contributed by atoms with Crippen molar-refractivity contribution in [1.29, 1.82) is 0 Å². The first kappa shape index (κ1) is 83.5. The van der Waals surface area contributed by atoms with Gasteiger partial charge in [-0.15, -0.1) is 0 Å². The summed E-state index contributed by atoms with van der Waals surface area (Å²) in [6, 6.07) is -2.28. The second kappa shape index (κ2) is 42.2. The fraction of sp³-hybridized carbons (Fsp3) is 0.562. The SMILES string of the molecule is CC[C@@H](C)[C@@H](NC(=O)[C@@H](NC(=O)[C@H](CCC(=O)O)NC(=O)[C@H](Cc1ccccc1)NC(=O)[C@@H](CCN)NC(=O)[C@H](CCN)NC(=O)[C@H](CO)NC(=O)[C@@H](Cc1c[nH]c2ccccc12)NC(=O)[C@@H](CO)NC(=O)CNC(=O)[C@@H](CCN)NC(=O)[C@H](N)C(C)C)C(C)C)C(=O)N[C@@H](C)C(N)=O. The Kier molecular flexibility index (Phi) is 35.6. The molecule has 0 unspecified atom stereocenters. The second-order valence-electron chi connectivity index (χ2n) is 24.6. The zero-order valence-electron chi connectivity index (χ0n) is 56.8. The normalized spacial score (nSPS) is 15.2. The minimum atomic E-state index is -1.85. The number of hydrogen-bond donors (Lipinski definition) is 21. The number of carbonyl (C=O) groups is 14. The summed E-state index contributed by atoms with van der Waals surface area (Å²) in [6.45, 7) is 7.95. The molecule has 3 rings (SSSR count). The summed E-state index contributed by atoms with van der Waals surface area (Å²) in [6.07, 6.45) is -0.396. The molecule has 13 amide bonds. The molecule has 1 aromatic heterocycles. The molecule has 35 heteroatoms. The number of carbonyl (C=O) groups excluding carboxylic acids is 13. The van der Waals surface area contributed by atoms with Gasteiger partial charge in [-0.2, -0.15) is 0 Å². The molecule has 0 fully saturated rings. The maximum absolute atomic E-state index is 14.5. The highest BCUT2D eigenvalue weighted by atomic mass is 16.4. The summed E-state index contributed by atoms with van der Waals surface area (Å²) in [7, 11) is 0. The van der Waals surface area contributed by atoms with Gasteiger partial charge in [0.15, 0.2) is 0 Å². The van der Waals surface area contributed by atoms with Crippen molar-refractivity contribution in [2.24, 2.45) is 46.4 Å². The van der Waals surface area contributed by atoms with E-state index in [1.165, 1.54) is 6.92 Å². The third kappa shape index (κ3) is 27.3. The smallest absolute Gasteiger partial charge is 0.303 e. The van der Waals surface area contributed by atoms with Crippen LogP contribution in [0.2, 0.25) is 0 Å². The van der Waals surface area contributed by atoms with Crippen molar-refractivity contribution in [3.05, 3.63) is 71.9 Å². The summed E-state index contributed by atoms with van der Waals surface area (Å²) < 4.78 is 0. The van der Waals surface area contributed by atoms with Gasteiger partial charge in [0.05, 0.1) is 25.8 Å². The average molecular weight is 1390 g/mol. The van der Waals surface area contributed by atoms with Gasteiger partial charge in [0, 0.05) is 36.4 Å². The van der Waals surface area contributed by atoms with Crippen LogP contribution in [0.5, 0.6) is 0 Å². The van der Waals surface area contributed by atoms with Gasteiger partial charge in [-0.3, -0.25) is 67.1 Å². The van der Waals surface area contributed by atoms with Crippen LogP contribution in [0, 0.1) is 17.8 Å². The molecule has 0 aliphatic rings. The predicted molar refractivity (Wildman–Crippen MR) is 360 cm³/mol. The number of hydrogen-bond acceptors (Lipinski definition) is 20. The molecule has 548 valence electrons. The molecular formula is C64H100N18O17. The number of carboxylic acids is 1. The number of amides is 13. The molecule has 13 atom stereocenters. The number of benzene rings is 2. The summed E-state index contributed by atoms with van der Waals surface area (Å²) in [5.74, 6) is -15.0. The van der Waals surface area contributed by atoms with Crippen LogP contribution < -0.4 is 92.5 Å². The van der Waals surface area contributed by atoms with Crippen LogP contribution in [0.4, 0.5) is 0 Å². The van der Waals surface area contributed by atoms with Gasteiger partial charge in [0.2, 0.25) is 76.8 Å². The first-order chi connectivity index (χ1) is 46.8. The van der Waals surface area contributed by atoms with Crippen molar-refractivity contribution in [3.63, 3.8) is 0 Å². The van der Waals surface area contributed by atoms with Gasteiger partial charge in [-0.05, 0) is 87.2 Å². The highest BCUT2D eigenvalue weighted by Gasteiger charge is 2.38. The number of aliphatic hydroxyl groups excluding tert-OH is 2. The van der Waals surface area contributed by atoms with E-state index < -0.39 is 200 Å². The Hall–Kier alpha value is -9.68. The molecule has 2 aromatic carbocycles. The molecule has 3 aromatic rings. The van der Waals surface area contributed by atoms with Crippen molar-refractivity contribution in [1.82, 2.24) is 68.8 Å². The number of aromatic amines is 1. The van der Waals surface area contributed by atoms with Crippen LogP contribution >= 0.6 is 0 Å². The van der Waals surface area contributed by atoms with Crippen LogP contribution in [0.3, 0.4) is 0 Å². The Balaban J connectivity index is 1.87. The van der Waals surface area contributed by atoms with Gasteiger partial charge in [-0.1, -0.05) is 96.5 Å². The van der Waals surface area contributed by atoms with E-state index in [9.17, 15) is 82.4 Å². The van der Waals surface area contributed by atoms with Crippen LogP contribution in [0.25, 0.3) is 10.9 Å². The summed E-state index contributed by atoms with van der Waals surface area (Å²) in [5.41, 5.74) is 30.3. The van der Waals surface area contributed by atoms with Gasteiger partial charge < -0.3 is 113 Å². The molecule has 26 N–H and O–H groups in total. The predicted octanol–water partition coefficient (Wildman–Crippen LogP) is -6.51. The number of primary amides is 1. The number of aliphatic hydroxyl groups is 2. The van der Waals surface area contributed by atoms with Crippen molar-refractivity contribution in [2.75, 3.05) is 39.4 Å². The number of aromatic nitrogens is 1. The third-order valence-electron chi connectivity index (χ3n) is 16.1. The standard InChI is InChI=1S/C64H100N18O17/c1-8-34(6)52(64(99)72-35(7)53(69)88)82-63(98)51(33(4)5)81-57(92)40(18-19-49(86)87)74-58(93)44(26-36-14-10-9-11-15-36)78-56(91)43(22-25-67)75-55(90)42(21-24-66)76-61(96)47(31-84)80-59(94)45(27-37-28-70-39-17-13-12-16-38(37)39)79-60(95)46(30-83)73-48(85)29-71-54(89)41(20-23-65)77-62(97)50(68)32(2)3/h9-17,28,32-35,40-47,50-52,70,83-84H,8,18-27,29-31,65-68H2,1-7H3,(H2,69,88)(H,71,89)(H,72,99)(H,73,85)(H,74,93)(H,75,90)(H,76,96)(H,77,97)(H,78,91)(H,79,95)(H,80,94)(H,81,92)(H,82,98)(H,86,87)/t34-,35+,40+,41-,42+,43-,44+,45-,46-,47+,50-,51+,52-/m1/s1. The highest BCUT2D eigenvalue weighted by molar-refractivity contribution is 6.00. The van der Waals surface area contributed by atoms with E-state index in [-0.39, 0.29) is 57.7 Å². The molecule has 0 bridgehead atoms. The summed E-state index contributed by atoms with van der Waals surface area (Å²) >= 11 is 0. The molecule has 0 radical (unpaired) electrons. The Labute approximate surface area is 573 Å². The Bertz CT molecular complexity index is 3240. The Morgan fingerprint density at radius 1 is 0.465 bits per heavy atom. The molecular weight excluding hydrogens is 1290 g/mol. The number of rotatable bonds is 44. The van der Waals surface area contributed by atoms with E-state index in [0.29, 0.717) is 28.5 Å². The Morgan fingerprint density at radius 3 is 1.38 bits per heavy atom. The molecule has 99 heavy (non-hydrogen) atoms. The number of fused-ring (bicyclic) bond motifs is 1. The second-order valence-corrected chi connectivity index (χ2v) is 24.6. The van der Waals surface area contributed by atoms with Gasteiger partial charge in [-0.25, -0.2) is 0 Å². The van der Waals surface area contributed by atoms with Crippen LogP contribution in [0.1, 0.15) is 98.1 Å². The molecule has 0 spiro atoms. The quantitative estimate of drug-likeness (QED) is 0.0250. The molecule has 1 heterocycles. The largest absolute Gasteiger partial charge is 0.481 e. The lowest BCUT2D eigenvalue weighted by atomic mass is 9.96. The summed E-state index contributed by atoms with van der Waals surface area (Å²) in [5, 5.41) is 60.7. The van der Waals surface area contributed by atoms with Crippen molar-refractivity contribution >= 4 is 93.7 Å². The fourth-order valence-corrected chi connectivity index (χ4v) is 9.87. The molecule has 0 aliphatic carbocycles. The van der Waals surface area contributed by atoms with Crippen molar-refractivity contribution < 1.29 is 82.4 Å². The highest BCUT2D eigenvalue weighted by Crippen LogP contribution is 2.20. The molecule has 35 nitrogen and oxygen atoms in total. The van der Waals surface area contributed by atoms with E-state index in [4.69, 9.17) is 28.7 Å². The molecule has 0 saturated heterocycles. The number of nitrogens with two attached hydrogens (primary N) is 5. The number of aliphatic carboxylic acids is 1. The first-order valence-corrected chi connectivity index (χ1v) is 32.6. The lowest BCUT2D eigenvalue weighted by molar-refractivity contribution is -0.139. The average Bonchev–Trinajstić information content (AvgIpc) is 1.75. The van der Waals surface area contributed by atoms with Gasteiger partial charge >= 0.3 is 5.97 Å². The summed E-state index contributed by atoms with van der Waals surface area (Å²) in [4.78, 5) is 192. The number of H-pyrrole nitrogens is 1. The first-order valence-electron chi connectivity index (χ1n) is 32.6. The molecule has 0 saturated carbocycles. The van der Waals surface area contributed by atoms with E-state index in [2.05, 4.69) is 68.8 Å². The van der Waals surface area contributed by atoms with E-state index in [1.54, 1.807) is 102 Å². The van der Waals surface area contributed by atoms with Crippen LogP contribution in [-0.2, 0) is 80.0 Å². The van der Waals surface area contributed by atoms with Gasteiger partial charge in [0.1, 0.15) is 66.5 Å². The monoisotopic (exact) mass is 1390 g/mol.